The maximum absolute atomic E-state index is 13.4. The summed E-state index contributed by atoms with van der Waals surface area (Å²) in [4.78, 5) is 33.9. The summed E-state index contributed by atoms with van der Waals surface area (Å²) in [6.45, 7) is 2.23. The van der Waals surface area contributed by atoms with Gasteiger partial charge in [0.2, 0.25) is 0 Å². The summed E-state index contributed by atoms with van der Waals surface area (Å²) >= 11 is 1.45. The summed E-state index contributed by atoms with van der Waals surface area (Å²) in [6, 6.07) is 27.3. The first-order valence-corrected chi connectivity index (χ1v) is 13.2. The number of benzene rings is 3. The molecule has 5 rings (SSSR count). The number of ether oxygens (including phenoxy) is 2. The van der Waals surface area contributed by atoms with E-state index in [9.17, 15) is 9.59 Å². The highest BCUT2D eigenvalue weighted by Crippen LogP contribution is 2.40. The number of anilines is 1. The van der Waals surface area contributed by atoms with Gasteiger partial charge in [0.1, 0.15) is 18.2 Å². The van der Waals surface area contributed by atoms with Gasteiger partial charge in [-0.25, -0.2) is 9.78 Å². The van der Waals surface area contributed by atoms with Gasteiger partial charge in [-0.15, -0.1) is 0 Å². The third kappa shape index (κ3) is 5.50. The number of esters is 1. The minimum Gasteiger partial charge on any atom is -0.489 e. The topological polar surface area (TPSA) is 93.3 Å². The van der Waals surface area contributed by atoms with Crippen molar-refractivity contribution in [3.05, 3.63) is 129 Å². The summed E-state index contributed by atoms with van der Waals surface area (Å²) in [7, 11) is 1.33. The third-order valence-electron chi connectivity index (χ3n) is 6.31. The number of carbonyl (C=O) groups is 1. The number of aromatic amines is 1. The first-order chi connectivity index (χ1) is 18.5. The summed E-state index contributed by atoms with van der Waals surface area (Å²) in [5.41, 5.74) is 3.98. The minimum absolute atomic E-state index is 0.304. The Morgan fingerprint density at radius 3 is 2.26 bits per heavy atom. The fourth-order valence-corrected chi connectivity index (χ4v) is 5.25. The molecule has 1 aromatic heterocycles. The van der Waals surface area contributed by atoms with Crippen LogP contribution >= 0.6 is 11.8 Å². The number of hydrogen-bond donors (Lipinski definition) is 2. The second kappa shape index (κ2) is 11.4. The maximum atomic E-state index is 13.4. The van der Waals surface area contributed by atoms with E-state index in [-0.39, 0.29) is 5.56 Å². The van der Waals surface area contributed by atoms with Crippen molar-refractivity contribution in [2.24, 2.45) is 0 Å². The molecule has 0 amide bonds. The fraction of sp³-hybridized carbons (Fsp3) is 0.167. The van der Waals surface area contributed by atoms with E-state index in [1.807, 2.05) is 84.9 Å². The van der Waals surface area contributed by atoms with Crippen LogP contribution in [0.2, 0.25) is 0 Å². The van der Waals surface area contributed by atoms with E-state index in [1.165, 1.54) is 18.9 Å². The predicted octanol–water partition coefficient (Wildman–Crippen LogP) is 5.65. The van der Waals surface area contributed by atoms with Crippen LogP contribution in [0.1, 0.15) is 35.1 Å². The summed E-state index contributed by atoms with van der Waals surface area (Å²) < 4.78 is 11.0. The van der Waals surface area contributed by atoms with E-state index < -0.39 is 11.9 Å². The lowest BCUT2D eigenvalue weighted by Crippen LogP contribution is -2.31. The lowest BCUT2D eigenvalue weighted by molar-refractivity contribution is -0.136. The lowest BCUT2D eigenvalue weighted by atomic mass is 9.82. The van der Waals surface area contributed by atoms with E-state index in [0.29, 0.717) is 45.9 Å². The molecule has 1 atom stereocenters. The van der Waals surface area contributed by atoms with Crippen molar-refractivity contribution in [2.75, 3.05) is 12.4 Å². The zero-order chi connectivity index (χ0) is 26.5. The van der Waals surface area contributed by atoms with Gasteiger partial charge in [-0.3, -0.25) is 4.79 Å². The Bertz CT molecular complexity index is 1520. The molecular weight excluding hydrogens is 498 g/mol. The Morgan fingerprint density at radius 2 is 1.61 bits per heavy atom. The second-order valence-electron chi connectivity index (χ2n) is 8.84. The molecule has 0 fully saturated rings. The van der Waals surface area contributed by atoms with Gasteiger partial charge in [0.15, 0.2) is 5.16 Å². The second-order valence-corrected chi connectivity index (χ2v) is 9.80. The van der Waals surface area contributed by atoms with Crippen LogP contribution in [0.15, 0.2) is 106 Å². The number of thioether (sulfide) groups is 1. The van der Waals surface area contributed by atoms with Crippen molar-refractivity contribution < 1.29 is 14.3 Å². The highest BCUT2D eigenvalue weighted by Gasteiger charge is 2.36. The van der Waals surface area contributed by atoms with Crippen LogP contribution < -0.4 is 15.6 Å². The van der Waals surface area contributed by atoms with E-state index in [4.69, 9.17) is 14.5 Å². The Balaban J connectivity index is 1.45. The molecule has 38 heavy (non-hydrogen) atoms. The molecule has 0 spiro atoms. The maximum Gasteiger partial charge on any atom is 0.336 e. The van der Waals surface area contributed by atoms with Gasteiger partial charge in [0, 0.05) is 11.4 Å². The van der Waals surface area contributed by atoms with E-state index in [1.54, 1.807) is 6.92 Å². The van der Waals surface area contributed by atoms with Crippen molar-refractivity contribution in [3.63, 3.8) is 0 Å². The summed E-state index contributed by atoms with van der Waals surface area (Å²) in [6.07, 6.45) is 0. The summed E-state index contributed by atoms with van der Waals surface area (Å²) in [5.74, 6) is 0.637. The van der Waals surface area contributed by atoms with Gasteiger partial charge in [-0.2, -0.15) is 0 Å². The van der Waals surface area contributed by atoms with Crippen LogP contribution in [-0.4, -0.2) is 23.0 Å². The van der Waals surface area contributed by atoms with Crippen LogP contribution in [0.25, 0.3) is 0 Å². The third-order valence-corrected chi connectivity index (χ3v) is 7.25. The number of methoxy groups -OCH3 is 1. The monoisotopic (exact) mass is 525 g/mol. The highest BCUT2D eigenvalue weighted by molar-refractivity contribution is 7.98. The zero-order valence-corrected chi connectivity index (χ0v) is 21.9. The molecule has 1 aliphatic rings. The molecule has 1 unspecified atom stereocenters. The van der Waals surface area contributed by atoms with Gasteiger partial charge in [0.25, 0.3) is 5.56 Å². The average Bonchev–Trinajstić information content (AvgIpc) is 2.95. The molecule has 0 bridgehead atoms. The normalized spacial score (nSPS) is 14.4. The van der Waals surface area contributed by atoms with Crippen molar-refractivity contribution in [3.8, 4) is 5.75 Å². The Kier molecular flexibility index (Phi) is 7.60. The van der Waals surface area contributed by atoms with Crippen molar-refractivity contribution in [2.45, 2.75) is 30.4 Å². The Morgan fingerprint density at radius 1 is 0.947 bits per heavy atom. The zero-order valence-electron chi connectivity index (χ0n) is 21.1. The molecule has 2 N–H and O–H groups in total. The number of rotatable bonds is 8. The molecule has 1 aliphatic heterocycles. The number of aromatic nitrogens is 2. The van der Waals surface area contributed by atoms with Gasteiger partial charge >= 0.3 is 5.97 Å². The first kappa shape index (κ1) is 25.4. The minimum atomic E-state index is -0.647. The smallest absolute Gasteiger partial charge is 0.336 e. The van der Waals surface area contributed by atoms with Crippen molar-refractivity contribution in [1.82, 2.24) is 9.97 Å². The molecule has 0 aliphatic carbocycles. The molecule has 4 aromatic rings. The molecule has 192 valence electrons. The van der Waals surface area contributed by atoms with Crippen LogP contribution in [0.3, 0.4) is 0 Å². The molecule has 3 aromatic carbocycles. The number of nitrogens with one attached hydrogen (secondary N) is 2. The number of carbonyl (C=O) groups excluding carboxylic acids is 1. The number of H-pyrrole nitrogens is 1. The Labute approximate surface area is 224 Å². The van der Waals surface area contributed by atoms with Crippen molar-refractivity contribution >= 4 is 23.5 Å². The van der Waals surface area contributed by atoms with Crippen LogP contribution in [0.5, 0.6) is 5.75 Å². The standard InChI is InChI=1S/C30H27N3O4S/c1-19-24(29(35)36-2)25(22-13-15-23(16-14-22)37-17-20-9-5-3-6-10-20)26-27(31-19)32-30(33-28(26)34)38-18-21-11-7-4-8-12-21/h3-16,25H,17-18H2,1-2H3,(H2,31,32,33,34). The van der Waals surface area contributed by atoms with Gasteiger partial charge in [-0.05, 0) is 35.7 Å². The van der Waals surface area contributed by atoms with E-state index in [2.05, 4.69) is 10.3 Å². The number of nitrogens with zero attached hydrogens (tertiary/aromatic N) is 1. The molecule has 0 saturated carbocycles. The number of fused-ring (bicyclic) bond motifs is 1. The van der Waals surface area contributed by atoms with Gasteiger partial charge in [0.05, 0.1) is 24.2 Å². The molecule has 0 radical (unpaired) electrons. The lowest BCUT2D eigenvalue weighted by Gasteiger charge is -2.28. The van der Waals surface area contributed by atoms with Crippen LogP contribution in [0.4, 0.5) is 5.82 Å². The molecule has 8 heteroatoms. The summed E-state index contributed by atoms with van der Waals surface area (Å²) in [5, 5.41) is 3.67. The van der Waals surface area contributed by atoms with Gasteiger partial charge < -0.3 is 19.8 Å². The average molecular weight is 526 g/mol. The van der Waals surface area contributed by atoms with E-state index in [0.717, 1.165) is 16.7 Å². The van der Waals surface area contributed by atoms with E-state index >= 15 is 0 Å². The largest absolute Gasteiger partial charge is 0.489 e. The van der Waals surface area contributed by atoms with Crippen LogP contribution in [-0.2, 0) is 21.9 Å². The Hall–Kier alpha value is -4.30. The highest BCUT2D eigenvalue weighted by atomic mass is 32.2. The first-order valence-electron chi connectivity index (χ1n) is 12.2. The van der Waals surface area contributed by atoms with Crippen LogP contribution in [0, 0.1) is 0 Å². The number of allylic oxidation sites excluding steroid dienone is 1. The number of hydrogen-bond acceptors (Lipinski definition) is 7. The van der Waals surface area contributed by atoms with Crippen molar-refractivity contribution in [1.29, 1.82) is 0 Å². The SMILES string of the molecule is COC(=O)C1=C(C)Nc2nc(SCc3ccccc3)[nH]c(=O)c2C1c1ccc(OCc2ccccc2)cc1. The fourth-order valence-electron chi connectivity index (χ4n) is 4.44. The predicted molar refractivity (Wildman–Crippen MR) is 148 cm³/mol. The molecule has 2 heterocycles. The molecule has 7 nitrogen and oxygen atoms in total. The molecular formula is C30H27N3O4S. The van der Waals surface area contributed by atoms with Gasteiger partial charge in [-0.1, -0.05) is 84.6 Å². The molecule has 0 saturated heterocycles. The quantitative estimate of drug-likeness (QED) is 0.175.